The molecule has 0 bridgehead atoms. The molecule has 2 amide bonds. The van der Waals surface area contributed by atoms with Gasteiger partial charge in [0.25, 0.3) is 0 Å². The summed E-state index contributed by atoms with van der Waals surface area (Å²) in [7, 11) is 0. The number of hydrogen-bond donors (Lipinski definition) is 3. The minimum absolute atomic E-state index is 0.170. The van der Waals surface area contributed by atoms with Crippen LogP contribution in [0.3, 0.4) is 0 Å². The average molecular weight is 311 g/mol. The van der Waals surface area contributed by atoms with Crippen molar-refractivity contribution in [1.82, 2.24) is 10.6 Å². The van der Waals surface area contributed by atoms with Crippen LogP contribution in [-0.4, -0.2) is 25.2 Å². The van der Waals surface area contributed by atoms with Crippen molar-refractivity contribution in [3.63, 3.8) is 0 Å². The normalized spacial score (nSPS) is 16.8. The highest BCUT2D eigenvalue weighted by atomic mass is 16.5. The van der Waals surface area contributed by atoms with E-state index in [1.807, 2.05) is 54.6 Å². The Labute approximate surface area is 136 Å². The predicted molar refractivity (Wildman–Crippen MR) is 90.6 cm³/mol. The van der Waals surface area contributed by atoms with Crippen LogP contribution in [0.25, 0.3) is 0 Å². The summed E-state index contributed by atoms with van der Waals surface area (Å²) in [5.41, 5.74) is 1.87. The lowest BCUT2D eigenvalue weighted by molar-refractivity contribution is 0.249. The van der Waals surface area contributed by atoms with E-state index < -0.39 is 0 Å². The van der Waals surface area contributed by atoms with Gasteiger partial charge in [-0.1, -0.05) is 30.3 Å². The zero-order valence-electron chi connectivity index (χ0n) is 12.9. The SMILES string of the molecule is O=C(Nc1ccc(OCc2ccccc2)cc1)N[C@@H]1CCNC1. The molecule has 1 heterocycles. The topological polar surface area (TPSA) is 62.4 Å². The van der Waals surface area contributed by atoms with E-state index in [4.69, 9.17) is 4.74 Å². The summed E-state index contributed by atoms with van der Waals surface area (Å²) in [5, 5.41) is 9.00. The Hall–Kier alpha value is -2.53. The number of amides is 2. The van der Waals surface area contributed by atoms with E-state index >= 15 is 0 Å². The lowest BCUT2D eigenvalue weighted by Gasteiger charge is -2.13. The van der Waals surface area contributed by atoms with Crippen LogP contribution in [0.2, 0.25) is 0 Å². The molecule has 0 saturated carbocycles. The Balaban J connectivity index is 1.47. The van der Waals surface area contributed by atoms with Crippen LogP contribution in [0.5, 0.6) is 5.75 Å². The maximum atomic E-state index is 11.9. The van der Waals surface area contributed by atoms with E-state index in [2.05, 4.69) is 16.0 Å². The summed E-state index contributed by atoms with van der Waals surface area (Å²) in [5.74, 6) is 0.778. The third-order valence-corrected chi connectivity index (χ3v) is 3.76. The Morgan fingerprint density at radius 3 is 2.61 bits per heavy atom. The molecule has 0 aliphatic carbocycles. The van der Waals surface area contributed by atoms with Gasteiger partial charge in [0.2, 0.25) is 0 Å². The molecule has 120 valence electrons. The molecule has 5 heteroatoms. The van der Waals surface area contributed by atoms with Crippen LogP contribution in [0.1, 0.15) is 12.0 Å². The fourth-order valence-corrected chi connectivity index (χ4v) is 2.51. The average Bonchev–Trinajstić information content (AvgIpc) is 3.08. The van der Waals surface area contributed by atoms with Crippen molar-refractivity contribution in [2.24, 2.45) is 0 Å². The van der Waals surface area contributed by atoms with Crippen molar-refractivity contribution in [2.75, 3.05) is 18.4 Å². The molecule has 0 radical (unpaired) electrons. The van der Waals surface area contributed by atoms with E-state index in [9.17, 15) is 4.79 Å². The lowest BCUT2D eigenvalue weighted by atomic mass is 10.2. The van der Waals surface area contributed by atoms with E-state index in [1.54, 1.807) is 0 Å². The first-order chi connectivity index (χ1) is 11.3. The molecule has 3 N–H and O–H groups in total. The summed E-state index contributed by atoms with van der Waals surface area (Å²) in [4.78, 5) is 11.9. The van der Waals surface area contributed by atoms with E-state index in [0.717, 1.165) is 36.5 Å². The lowest BCUT2D eigenvalue weighted by Crippen LogP contribution is -2.39. The largest absolute Gasteiger partial charge is 0.489 e. The van der Waals surface area contributed by atoms with Crippen molar-refractivity contribution in [3.05, 3.63) is 60.2 Å². The van der Waals surface area contributed by atoms with Gasteiger partial charge in [0, 0.05) is 18.3 Å². The number of ether oxygens (including phenoxy) is 1. The smallest absolute Gasteiger partial charge is 0.319 e. The zero-order chi connectivity index (χ0) is 15.9. The first kappa shape index (κ1) is 15.4. The van der Waals surface area contributed by atoms with Gasteiger partial charge >= 0.3 is 6.03 Å². The van der Waals surface area contributed by atoms with Crippen molar-refractivity contribution in [2.45, 2.75) is 19.1 Å². The number of urea groups is 1. The van der Waals surface area contributed by atoms with Gasteiger partial charge in [-0.3, -0.25) is 0 Å². The second-order valence-corrected chi connectivity index (χ2v) is 5.59. The molecular weight excluding hydrogens is 290 g/mol. The van der Waals surface area contributed by atoms with Crippen LogP contribution in [-0.2, 0) is 6.61 Å². The second-order valence-electron chi connectivity index (χ2n) is 5.59. The summed E-state index contributed by atoms with van der Waals surface area (Å²) in [6, 6.07) is 17.5. The zero-order valence-corrected chi connectivity index (χ0v) is 12.9. The molecule has 0 aromatic heterocycles. The minimum Gasteiger partial charge on any atom is -0.489 e. The van der Waals surface area contributed by atoms with E-state index in [0.29, 0.717) is 6.61 Å². The summed E-state index contributed by atoms with van der Waals surface area (Å²) < 4.78 is 5.72. The fraction of sp³-hybridized carbons (Fsp3) is 0.278. The summed E-state index contributed by atoms with van der Waals surface area (Å²) in [6.45, 7) is 2.32. The maximum Gasteiger partial charge on any atom is 0.319 e. The summed E-state index contributed by atoms with van der Waals surface area (Å²) >= 11 is 0. The minimum atomic E-state index is -0.170. The first-order valence-corrected chi connectivity index (χ1v) is 7.84. The molecule has 0 unspecified atom stereocenters. The number of anilines is 1. The number of benzene rings is 2. The van der Waals surface area contributed by atoms with E-state index in [-0.39, 0.29) is 12.1 Å². The van der Waals surface area contributed by atoms with Gasteiger partial charge in [-0.05, 0) is 42.8 Å². The van der Waals surface area contributed by atoms with Gasteiger partial charge in [-0.2, -0.15) is 0 Å². The first-order valence-electron chi connectivity index (χ1n) is 7.84. The third-order valence-electron chi connectivity index (χ3n) is 3.76. The fourth-order valence-electron chi connectivity index (χ4n) is 2.51. The van der Waals surface area contributed by atoms with Crippen molar-refractivity contribution < 1.29 is 9.53 Å². The predicted octanol–water partition coefficient (Wildman–Crippen LogP) is 2.75. The Bertz CT molecular complexity index is 622. The van der Waals surface area contributed by atoms with Gasteiger partial charge in [0.05, 0.1) is 0 Å². The van der Waals surface area contributed by atoms with Crippen molar-refractivity contribution >= 4 is 11.7 Å². The molecule has 1 saturated heterocycles. The number of nitrogens with one attached hydrogen (secondary N) is 3. The van der Waals surface area contributed by atoms with Crippen molar-refractivity contribution in [3.8, 4) is 5.75 Å². The van der Waals surface area contributed by atoms with Gasteiger partial charge in [0.1, 0.15) is 12.4 Å². The van der Waals surface area contributed by atoms with Crippen LogP contribution in [0.15, 0.2) is 54.6 Å². The van der Waals surface area contributed by atoms with E-state index in [1.165, 1.54) is 0 Å². The molecule has 2 aromatic carbocycles. The molecule has 1 fully saturated rings. The Morgan fingerprint density at radius 1 is 1.13 bits per heavy atom. The highest BCUT2D eigenvalue weighted by Crippen LogP contribution is 2.17. The Morgan fingerprint density at radius 2 is 1.91 bits per heavy atom. The van der Waals surface area contributed by atoms with Gasteiger partial charge in [-0.25, -0.2) is 4.79 Å². The molecule has 0 spiro atoms. The molecule has 5 nitrogen and oxygen atoms in total. The van der Waals surface area contributed by atoms with Crippen LogP contribution in [0, 0.1) is 0 Å². The highest BCUT2D eigenvalue weighted by molar-refractivity contribution is 5.89. The van der Waals surface area contributed by atoms with Gasteiger partial charge in [-0.15, -0.1) is 0 Å². The molecule has 1 aliphatic heterocycles. The quantitative estimate of drug-likeness (QED) is 0.795. The number of rotatable bonds is 5. The van der Waals surface area contributed by atoms with Crippen molar-refractivity contribution in [1.29, 1.82) is 0 Å². The Kier molecular flexibility index (Phi) is 5.11. The second kappa shape index (κ2) is 7.65. The number of hydrogen-bond acceptors (Lipinski definition) is 3. The molecule has 1 atom stereocenters. The maximum absolute atomic E-state index is 11.9. The van der Waals surface area contributed by atoms with Crippen LogP contribution in [0.4, 0.5) is 10.5 Å². The monoisotopic (exact) mass is 311 g/mol. The molecule has 2 aromatic rings. The molecule has 23 heavy (non-hydrogen) atoms. The van der Waals surface area contributed by atoms with Crippen LogP contribution < -0.4 is 20.7 Å². The van der Waals surface area contributed by atoms with Gasteiger partial charge in [0.15, 0.2) is 0 Å². The molecule has 1 aliphatic rings. The summed E-state index contributed by atoms with van der Waals surface area (Å²) in [6.07, 6.45) is 0.972. The van der Waals surface area contributed by atoms with Gasteiger partial charge < -0.3 is 20.7 Å². The standard InChI is InChI=1S/C18H21N3O2/c22-18(21-16-10-11-19-12-16)20-15-6-8-17(9-7-15)23-13-14-4-2-1-3-5-14/h1-9,16,19H,10-13H2,(H2,20,21,22)/t16-/m1/s1. The molecule has 3 rings (SSSR count). The van der Waals surface area contributed by atoms with Crippen LogP contribution >= 0.6 is 0 Å². The third kappa shape index (κ3) is 4.72. The highest BCUT2D eigenvalue weighted by Gasteiger charge is 2.16. The molecular formula is C18H21N3O2. The number of carbonyl (C=O) groups is 1. The number of carbonyl (C=O) groups excluding carboxylic acids is 1.